The minimum Gasteiger partial charge on any atom is -0.449 e. The van der Waals surface area contributed by atoms with Crippen LogP contribution in [0.2, 0.25) is 10.0 Å². The maximum atomic E-state index is 5.97. The molecule has 2 aromatic carbocycles. The predicted molar refractivity (Wildman–Crippen MR) is 78.5 cm³/mol. The molecule has 0 unspecified atom stereocenters. The van der Waals surface area contributed by atoms with Gasteiger partial charge in [-0.05, 0) is 44.0 Å². The highest BCUT2D eigenvalue weighted by atomic mass is 79.9. The van der Waals surface area contributed by atoms with Crippen LogP contribution in [-0.4, -0.2) is 0 Å². The lowest BCUT2D eigenvalue weighted by Crippen LogP contribution is -2.00. The summed E-state index contributed by atoms with van der Waals surface area (Å²) in [6.45, 7) is 0. The standard InChI is InChI=1S/C12H4Br2Cl2O2/c13-7-1-5(15)3-9-11(7)18-12-8(14)2-6(16)4-10(12)17-9/h1-4H. The molecule has 0 N–H and O–H groups in total. The van der Waals surface area contributed by atoms with Crippen LogP contribution in [0.4, 0.5) is 0 Å². The molecule has 3 rings (SSSR count). The molecule has 1 heterocycles. The summed E-state index contributed by atoms with van der Waals surface area (Å²) in [4.78, 5) is 0. The quantitative estimate of drug-likeness (QED) is 0.426. The molecule has 0 saturated carbocycles. The van der Waals surface area contributed by atoms with Gasteiger partial charge < -0.3 is 9.47 Å². The Kier molecular flexibility index (Phi) is 3.22. The van der Waals surface area contributed by atoms with Gasteiger partial charge >= 0.3 is 0 Å². The van der Waals surface area contributed by atoms with Crippen molar-refractivity contribution in [2.24, 2.45) is 0 Å². The van der Waals surface area contributed by atoms with Crippen LogP contribution in [0.15, 0.2) is 33.2 Å². The van der Waals surface area contributed by atoms with Gasteiger partial charge in [-0.2, -0.15) is 0 Å². The van der Waals surface area contributed by atoms with Crippen molar-refractivity contribution in [3.63, 3.8) is 0 Å². The van der Waals surface area contributed by atoms with Gasteiger partial charge in [0.15, 0.2) is 23.0 Å². The van der Waals surface area contributed by atoms with Gasteiger partial charge in [-0.1, -0.05) is 23.2 Å². The molecule has 1 aliphatic rings. The molecule has 0 amide bonds. The average Bonchev–Trinajstić information content (AvgIpc) is 2.26. The summed E-state index contributed by atoms with van der Waals surface area (Å²) >= 11 is 18.7. The predicted octanol–water partition coefficient (Wildman–Crippen LogP) is 6.42. The fourth-order valence-electron chi connectivity index (χ4n) is 1.64. The van der Waals surface area contributed by atoms with Gasteiger partial charge in [0.1, 0.15) is 0 Å². The van der Waals surface area contributed by atoms with E-state index in [-0.39, 0.29) is 0 Å². The molecule has 0 fully saturated rings. The van der Waals surface area contributed by atoms with Crippen molar-refractivity contribution in [1.82, 2.24) is 0 Å². The van der Waals surface area contributed by atoms with E-state index >= 15 is 0 Å². The first-order valence-electron chi connectivity index (χ1n) is 4.88. The third-order valence-electron chi connectivity index (χ3n) is 2.37. The van der Waals surface area contributed by atoms with Crippen LogP contribution < -0.4 is 9.47 Å². The monoisotopic (exact) mass is 408 g/mol. The first kappa shape index (κ1) is 12.6. The molecule has 2 aromatic rings. The zero-order valence-electron chi connectivity index (χ0n) is 8.64. The van der Waals surface area contributed by atoms with Gasteiger partial charge in [-0.25, -0.2) is 0 Å². The van der Waals surface area contributed by atoms with Gasteiger partial charge in [-0.3, -0.25) is 0 Å². The molecule has 0 atom stereocenters. The van der Waals surface area contributed by atoms with E-state index in [4.69, 9.17) is 32.7 Å². The van der Waals surface area contributed by atoms with Crippen LogP contribution in [0.3, 0.4) is 0 Å². The normalized spacial score (nSPS) is 12.2. The summed E-state index contributed by atoms with van der Waals surface area (Å²) in [5, 5.41) is 1.13. The molecule has 2 nitrogen and oxygen atoms in total. The van der Waals surface area contributed by atoms with Gasteiger partial charge in [0.2, 0.25) is 0 Å². The minimum absolute atomic E-state index is 0.552. The van der Waals surface area contributed by atoms with E-state index < -0.39 is 0 Å². The van der Waals surface area contributed by atoms with Crippen LogP contribution in [0.1, 0.15) is 0 Å². The van der Waals surface area contributed by atoms with Crippen molar-refractivity contribution in [3.05, 3.63) is 43.3 Å². The second-order valence-electron chi connectivity index (χ2n) is 3.63. The van der Waals surface area contributed by atoms with Crippen molar-refractivity contribution in [3.8, 4) is 23.0 Å². The maximum absolute atomic E-state index is 5.97. The zero-order valence-corrected chi connectivity index (χ0v) is 13.3. The Balaban J connectivity index is 2.18. The second kappa shape index (κ2) is 4.60. The lowest BCUT2D eigenvalue weighted by atomic mass is 10.2. The maximum Gasteiger partial charge on any atom is 0.184 e. The molecule has 1 aliphatic heterocycles. The topological polar surface area (TPSA) is 18.5 Å². The first-order chi connectivity index (χ1) is 8.54. The Labute approximate surface area is 130 Å². The Hall–Kier alpha value is -0.420. The smallest absolute Gasteiger partial charge is 0.184 e. The van der Waals surface area contributed by atoms with Gasteiger partial charge in [-0.15, -0.1) is 0 Å². The number of hydrogen-bond donors (Lipinski definition) is 0. The number of rotatable bonds is 0. The molecule has 18 heavy (non-hydrogen) atoms. The molecule has 0 saturated heterocycles. The van der Waals surface area contributed by atoms with Crippen molar-refractivity contribution >= 4 is 55.1 Å². The fraction of sp³-hybridized carbons (Fsp3) is 0. The van der Waals surface area contributed by atoms with E-state index in [0.717, 1.165) is 8.95 Å². The molecule has 0 aromatic heterocycles. The van der Waals surface area contributed by atoms with E-state index in [0.29, 0.717) is 33.0 Å². The highest BCUT2D eigenvalue weighted by Crippen LogP contribution is 2.52. The summed E-state index contributed by atoms with van der Waals surface area (Å²) < 4.78 is 13.0. The Morgan fingerprint density at radius 2 is 1.17 bits per heavy atom. The zero-order chi connectivity index (χ0) is 12.9. The fourth-order valence-corrected chi connectivity index (χ4v) is 3.37. The van der Waals surface area contributed by atoms with Gasteiger partial charge in [0, 0.05) is 22.2 Å². The molecule has 0 radical (unpaired) electrons. The number of hydrogen-bond acceptors (Lipinski definition) is 2. The van der Waals surface area contributed by atoms with E-state index in [9.17, 15) is 0 Å². The molecule has 92 valence electrons. The van der Waals surface area contributed by atoms with E-state index in [1.165, 1.54) is 0 Å². The number of fused-ring (bicyclic) bond motifs is 2. The van der Waals surface area contributed by atoms with Crippen LogP contribution in [-0.2, 0) is 0 Å². The lowest BCUT2D eigenvalue weighted by Gasteiger charge is -2.22. The lowest BCUT2D eigenvalue weighted by molar-refractivity contribution is 0.356. The van der Waals surface area contributed by atoms with Crippen molar-refractivity contribution in [2.75, 3.05) is 0 Å². The number of benzene rings is 2. The Bertz CT molecular complexity index is 604. The molecule has 0 spiro atoms. The molecular formula is C12H4Br2Cl2O2. The van der Waals surface area contributed by atoms with Crippen molar-refractivity contribution in [2.45, 2.75) is 0 Å². The van der Waals surface area contributed by atoms with E-state index in [2.05, 4.69) is 31.9 Å². The van der Waals surface area contributed by atoms with E-state index in [1.54, 1.807) is 24.3 Å². The van der Waals surface area contributed by atoms with Gasteiger partial charge in [0.05, 0.1) is 8.95 Å². The summed E-state index contributed by atoms with van der Waals surface area (Å²) in [6.07, 6.45) is 0. The van der Waals surface area contributed by atoms with E-state index in [1.807, 2.05) is 0 Å². The second-order valence-corrected chi connectivity index (χ2v) is 6.22. The van der Waals surface area contributed by atoms with Crippen LogP contribution in [0, 0.1) is 0 Å². The largest absolute Gasteiger partial charge is 0.449 e. The third kappa shape index (κ3) is 2.11. The average molecular weight is 411 g/mol. The minimum atomic E-state index is 0.552. The van der Waals surface area contributed by atoms with Crippen LogP contribution in [0.25, 0.3) is 0 Å². The highest BCUT2D eigenvalue weighted by molar-refractivity contribution is 9.11. The van der Waals surface area contributed by atoms with Gasteiger partial charge in [0.25, 0.3) is 0 Å². The highest BCUT2D eigenvalue weighted by Gasteiger charge is 2.24. The molecule has 0 bridgehead atoms. The Morgan fingerprint density at radius 1 is 0.722 bits per heavy atom. The summed E-state index contributed by atoms with van der Waals surface area (Å²) in [6, 6.07) is 6.88. The number of ether oxygens (including phenoxy) is 2. The van der Waals surface area contributed by atoms with Crippen molar-refractivity contribution in [1.29, 1.82) is 0 Å². The molecule has 6 heteroatoms. The number of halogens is 4. The Morgan fingerprint density at radius 3 is 1.61 bits per heavy atom. The molecular weight excluding hydrogens is 407 g/mol. The van der Waals surface area contributed by atoms with Crippen LogP contribution in [0.5, 0.6) is 23.0 Å². The van der Waals surface area contributed by atoms with Crippen molar-refractivity contribution < 1.29 is 9.47 Å². The summed E-state index contributed by atoms with van der Waals surface area (Å²) in [7, 11) is 0. The third-order valence-corrected chi connectivity index (χ3v) is 3.99. The summed E-state index contributed by atoms with van der Waals surface area (Å²) in [5.41, 5.74) is 0. The SMILES string of the molecule is Clc1cc(Br)c2c(c1)Oc1cc(Cl)cc(Br)c1O2. The van der Waals surface area contributed by atoms with Crippen LogP contribution >= 0.6 is 55.1 Å². The molecule has 0 aliphatic carbocycles. The summed E-state index contributed by atoms with van der Waals surface area (Å²) in [5.74, 6) is 2.29. The first-order valence-corrected chi connectivity index (χ1v) is 7.22.